The lowest BCUT2D eigenvalue weighted by atomic mass is 9.89. The van der Waals surface area contributed by atoms with E-state index in [4.69, 9.17) is 0 Å². The normalized spacial score (nSPS) is 26.6. The molecule has 90 valence electrons. The summed E-state index contributed by atoms with van der Waals surface area (Å²) in [5.74, 6) is 0.264. The Morgan fingerprint density at radius 3 is 2.20 bits per heavy atom. The molecule has 0 aromatic heterocycles. The summed E-state index contributed by atoms with van der Waals surface area (Å²) in [6.07, 6.45) is 1.61. The van der Waals surface area contributed by atoms with Gasteiger partial charge < -0.3 is 15.1 Å². The third-order valence-electron chi connectivity index (χ3n) is 3.72. The smallest absolute Gasteiger partial charge is 0.0768 e. The van der Waals surface area contributed by atoms with Gasteiger partial charge in [0, 0.05) is 19.6 Å². The zero-order chi connectivity index (χ0) is 11.7. The van der Waals surface area contributed by atoms with Gasteiger partial charge in [0.25, 0.3) is 0 Å². The van der Waals surface area contributed by atoms with E-state index in [0.717, 1.165) is 25.9 Å². The third kappa shape index (κ3) is 3.74. The van der Waals surface area contributed by atoms with Crippen LogP contribution in [0.1, 0.15) is 40.5 Å². The van der Waals surface area contributed by atoms with E-state index in [1.54, 1.807) is 0 Å². The first kappa shape index (κ1) is 12.9. The summed E-state index contributed by atoms with van der Waals surface area (Å²) in [5.41, 5.74) is -1.12. The van der Waals surface area contributed by atoms with Crippen LogP contribution in [-0.2, 0) is 0 Å². The zero-order valence-corrected chi connectivity index (χ0v) is 10.5. The molecule has 2 N–H and O–H groups in total. The number of rotatable bonds is 3. The first-order valence-corrected chi connectivity index (χ1v) is 5.90. The predicted molar refractivity (Wildman–Crippen MR) is 61.8 cm³/mol. The van der Waals surface area contributed by atoms with Crippen molar-refractivity contribution in [2.45, 2.75) is 51.7 Å². The summed E-state index contributed by atoms with van der Waals surface area (Å²) in [6.45, 7) is 10.3. The van der Waals surface area contributed by atoms with E-state index in [1.807, 2.05) is 27.7 Å². The summed E-state index contributed by atoms with van der Waals surface area (Å²) >= 11 is 0. The Hall–Kier alpha value is -0.120. The molecule has 1 aliphatic rings. The third-order valence-corrected chi connectivity index (χ3v) is 3.72. The highest BCUT2D eigenvalue weighted by molar-refractivity contribution is 4.86. The van der Waals surface area contributed by atoms with Crippen LogP contribution in [0, 0.1) is 5.92 Å². The van der Waals surface area contributed by atoms with E-state index in [1.165, 1.54) is 0 Å². The summed E-state index contributed by atoms with van der Waals surface area (Å²) in [5, 5.41) is 20.0. The first-order chi connectivity index (χ1) is 6.73. The van der Waals surface area contributed by atoms with Crippen molar-refractivity contribution in [1.29, 1.82) is 0 Å². The van der Waals surface area contributed by atoms with Crippen molar-refractivity contribution in [3.63, 3.8) is 0 Å². The lowest BCUT2D eigenvalue weighted by Gasteiger charge is -2.40. The number of nitrogens with zero attached hydrogens (tertiary/aromatic N) is 1. The van der Waals surface area contributed by atoms with Crippen molar-refractivity contribution in [2.24, 2.45) is 5.92 Å². The van der Waals surface area contributed by atoms with Gasteiger partial charge in [-0.05, 0) is 32.6 Å². The maximum atomic E-state index is 10.2. The Morgan fingerprint density at radius 2 is 1.80 bits per heavy atom. The molecule has 0 saturated carbocycles. The Labute approximate surface area is 93.1 Å². The lowest BCUT2D eigenvalue weighted by molar-refractivity contribution is -0.0531. The van der Waals surface area contributed by atoms with Gasteiger partial charge in [-0.25, -0.2) is 0 Å². The average molecular weight is 215 g/mol. The molecule has 1 atom stereocenters. The fraction of sp³-hybridized carbons (Fsp3) is 1.00. The maximum absolute atomic E-state index is 10.2. The minimum Gasteiger partial charge on any atom is -0.390 e. The molecule has 3 heteroatoms. The highest BCUT2D eigenvalue weighted by atomic mass is 16.3. The molecule has 1 aliphatic heterocycles. The molecule has 0 aromatic rings. The van der Waals surface area contributed by atoms with Crippen LogP contribution in [0.4, 0.5) is 0 Å². The van der Waals surface area contributed by atoms with Crippen LogP contribution in [0.2, 0.25) is 0 Å². The number of likely N-dealkylation sites (tertiary alicyclic amines) is 1. The minimum absolute atomic E-state index is 0.264. The van der Waals surface area contributed by atoms with Crippen LogP contribution in [0.15, 0.2) is 0 Å². The van der Waals surface area contributed by atoms with Gasteiger partial charge in [0.1, 0.15) is 0 Å². The highest BCUT2D eigenvalue weighted by Gasteiger charge is 2.32. The number of hydrogen-bond donors (Lipinski definition) is 2. The predicted octanol–water partition coefficient (Wildman–Crippen LogP) is 1.24. The van der Waals surface area contributed by atoms with Crippen molar-refractivity contribution in [3.8, 4) is 0 Å². The lowest BCUT2D eigenvalue weighted by Crippen LogP contribution is -2.50. The summed E-state index contributed by atoms with van der Waals surface area (Å²) in [6, 6.07) is 0. The topological polar surface area (TPSA) is 43.7 Å². The van der Waals surface area contributed by atoms with Crippen LogP contribution < -0.4 is 0 Å². The highest BCUT2D eigenvalue weighted by Crippen LogP contribution is 2.24. The molecule has 1 rings (SSSR count). The molecule has 0 amide bonds. The molecule has 0 bridgehead atoms. The summed E-state index contributed by atoms with van der Waals surface area (Å²) in [4.78, 5) is 2.25. The zero-order valence-electron chi connectivity index (χ0n) is 10.5. The first-order valence-electron chi connectivity index (χ1n) is 5.90. The molecule has 1 heterocycles. The number of hydrogen-bond acceptors (Lipinski definition) is 3. The molecule has 1 unspecified atom stereocenters. The van der Waals surface area contributed by atoms with Crippen LogP contribution >= 0.6 is 0 Å². The van der Waals surface area contributed by atoms with Crippen LogP contribution in [0.5, 0.6) is 0 Å². The maximum Gasteiger partial charge on any atom is 0.0768 e. The van der Waals surface area contributed by atoms with Crippen molar-refractivity contribution < 1.29 is 10.2 Å². The number of aliphatic hydroxyl groups is 2. The molecule has 15 heavy (non-hydrogen) atoms. The van der Waals surface area contributed by atoms with Gasteiger partial charge in [0.05, 0.1) is 11.2 Å². The molecule has 0 aliphatic carbocycles. The average Bonchev–Trinajstić information content (AvgIpc) is 2.08. The van der Waals surface area contributed by atoms with Gasteiger partial charge in [-0.1, -0.05) is 13.8 Å². The molecular weight excluding hydrogens is 190 g/mol. The summed E-state index contributed by atoms with van der Waals surface area (Å²) < 4.78 is 0. The SMILES string of the molecule is CC(C)C(C)(O)CN1CCC(C)(O)CC1. The van der Waals surface area contributed by atoms with Crippen LogP contribution in [0.25, 0.3) is 0 Å². The van der Waals surface area contributed by atoms with Gasteiger partial charge in [0.15, 0.2) is 0 Å². The second-order valence-electron chi connectivity index (χ2n) is 5.78. The number of β-amino-alcohol motifs (C(OH)–C–C–N with tert-alkyl or cyclic N) is 1. The Kier molecular flexibility index (Phi) is 3.80. The standard InChI is InChI=1S/C12H25NO2/c1-10(2)12(4,15)9-13-7-5-11(3,14)6-8-13/h10,14-15H,5-9H2,1-4H3. The molecule has 0 aromatic carbocycles. The molecular formula is C12H25NO2. The van der Waals surface area contributed by atoms with Gasteiger partial charge in [-0.15, -0.1) is 0 Å². The van der Waals surface area contributed by atoms with Gasteiger partial charge in [-0.2, -0.15) is 0 Å². The van der Waals surface area contributed by atoms with E-state index >= 15 is 0 Å². The fourth-order valence-corrected chi connectivity index (χ4v) is 1.83. The van der Waals surface area contributed by atoms with E-state index < -0.39 is 11.2 Å². The monoisotopic (exact) mass is 215 g/mol. The van der Waals surface area contributed by atoms with Crippen molar-refractivity contribution in [2.75, 3.05) is 19.6 Å². The Morgan fingerprint density at radius 1 is 1.33 bits per heavy atom. The van der Waals surface area contributed by atoms with Crippen LogP contribution in [0.3, 0.4) is 0 Å². The Balaban J connectivity index is 2.42. The molecule has 1 fully saturated rings. The molecule has 3 nitrogen and oxygen atoms in total. The molecule has 0 spiro atoms. The van der Waals surface area contributed by atoms with E-state index in [2.05, 4.69) is 4.90 Å². The van der Waals surface area contributed by atoms with E-state index in [0.29, 0.717) is 6.54 Å². The van der Waals surface area contributed by atoms with Gasteiger partial charge >= 0.3 is 0 Å². The molecule has 0 radical (unpaired) electrons. The van der Waals surface area contributed by atoms with Gasteiger partial charge in [0.2, 0.25) is 0 Å². The van der Waals surface area contributed by atoms with E-state index in [-0.39, 0.29) is 5.92 Å². The second kappa shape index (κ2) is 4.40. The largest absolute Gasteiger partial charge is 0.390 e. The Bertz CT molecular complexity index is 202. The van der Waals surface area contributed by atoms with Crippen LogP contribution in [-0.4, -0.2) is 45.9 Å². The van der Waals surface area contributed by atoms with Crippen molar-refractivity contribution >= 4 is 0 Å². The quantitative estimate of drug-likeness (QED) is 0.744. The van der Waals surface area contributed by atoms with Crippen molar-refractivity contribution in [1.82, 2.24) is 4.90 Å². The summed E-state index contributed by atoms with van der Waals surface area (Å²) in [7, 11) is 0. The molecule has 1 saturated heterocycles. The minimum atomic E-state index is -0.622. The van der Waals surface area contributed by atoms with Gasteiger partial charge in [-0.3, -0.25) is 0 Å². The van der Waals surface area contributed by atoms with E-state index in [9.17, 15) is 10.2 Å². The fourth-order valence-electron chi connectivity index (χ4n) is 1.83. The van der Waals surface area contributed by atoms with Crippen molar-refractivity contribution in [3.05, 3.63) is 0 Å². The number of piperidine rings is 1. The second-order valence-corrected chi connectivity index (χ2v) is 5.78.